The number of sulfone groups is 1. The van der Waals surface area contributed by atoms with Crippen molar-refractivity contribution in [2.45, 2.75) is 22.6 Å². The van der Waals surface area contributed by atoms with E-state index >= 15 is 0 Å². The van der Waals surface area contributed by atoms with Gasteiger partial charge in [-0.25, -0.2) is 13.4 Å². The van der Waals surface area contributed by atoms with Crippen LogP contribution < -0.4 is 0 Å². The molecule has 0 aliphatic rings. The Kier molecular flexibility index (Phi) is 6.11. The van der Waals surface area contributed by atoms with E-state index in [0.717, 1.165) is 11.2 Å². The highest BCUT2D eigenvalue weighted by molar-refractivity contribution is 7.91. The molecule has 4 rings (SSSR count). The van der Waals surface area contributed by atoms with E-state index in [1.807, 2.05) is 0 Å². The highest BCUT2D eigenvalue weighted by Crippen LogP contribution is 2.25. The molecule has 0 unspecified atom stereocenters. The molecule has 0 radical (unpaired) electrons. The third-order valence-electron chi connectivity index (χ3n) is 5.40. The molecule has 1 amide bonds. The van der Waals surface area contributed by atoms with Crippen molar-refractivity contribution in [3.63, 3.8) is 0 Å². The molecule has 8 heteroatoms. The maximum Gasteiger partial charge on any atom is 0.254 e. The van der Waals surface area contributed by atoms with Crippen molar-refractivity contribution in [2.24, 2.45) is 0 Å². The Bertz CT molecular complexity index is 1440. The van der Waals surface area contributed by atoms with Gasteiger partial charge in [-0.15, -0.1) is 0 Å². The SMILES string of the molecule is CN(C)C(=O)c1ccccc1S(=O)(=O)c1ccc(CCC(=O)c2ccc3nccn3c2)cc1. The summed E-state index contributed by atoms with van der Waals surface area (Å²) in [5.41, 5.74) is 2.36. The summed E-state index contributed by atoms with van der Waals surface area (Å²) in [5, 5.41) is 0. The number of Topliss-reactive ketones (excluding diaryl/α,β-unsaturated/α-hetero) is 1. The van der Waals surface area contributed by atoms with Crippen molar-refractivity contribution in [3.8, 4) is 0 Å². The molecule has 0 fully saturated rings. The van der Waals surface area contributed by atoms with Crippen LogP contribution in [0.4, 0.5) is 0 Å². The van der Waals surface area contributed by atoms with Crippen LogP contribution in [0.2, 0.25) is 0 Å². The number of aromatic nitrogens is 2. The van der Waals surface area contributed by atoms with Crippen molar-refractivity contribution in [3.05, 3.63) is 95.9 Å². The molecule has 0 bridgehead atoms. The largest absolute Gasteiger partial charge is 0.345 e. The molecule has 0 N–H and O–H groups in total. The monoisotopic (exact) mass is 461 g/mol. The summed E-state index contributed by atoms with van der Waals surface area (Å²) in [5.74, 6) is -0.378. The molecule has 0 saturated carbocycles. The van der Waals surface area contributed by atoms with E-state index in [0.29, 0.717) is 18.4 Å². The van der Waals surface area contributed by atoms with Gasteiger partial charge in [0.2, 0.25) is 9.84 Å². The van der Waals surface area contributed by atoms with E-state index in [1.54, 1.807) is 73.5 Å². The second-order valence-electron chi connectivity index (χ2n) is 7.88. The van der Waals surface area contributed by atoms with Gasteiger partial charge >= 0.3 is 0 Å². The number of hydrogen-bond acceptors (Lipinski definition) is 5. The van der Waals surface area contributed by atoms with Crippen LogP contribution in [0.3, 0.4) is 0 Å². The maximum absolute atomic E-state index is 13.2. The molecular weight excluding hydrogens is 438 g/mol. The molecule has 0 aliphatic heterocycles. The smallest absolute Gasteiger partial charge is 0.254 e. The van der Waals surface area contributed by atoms with Gasteiger partial charge in [0.25, 0.3) is 5.91 Å². The minimum absolute atomic E-state index is 0.00146. The average Bonchev–Trinajstić information content (AvgIpc) is 3.30. The summed E-state index contributed by atoms with van der Waals surface area (Å²) in [7, 11) is -0.720. The Morgan fingerprint density at radius 2 is 1.70 bits per heavy atom. The standard InChI is InChI=1S/C25H23N3O4S/c1-27(2)25(30)21-5-3-4-6-23(21)33(31,32)20-11-7-18(8-12-20)9-13-22(29)19-10-14-24-26-15-16-28(24)17-19/h3-8,10-12,14-17H,9,13H2,1-2H3. The summed E-state index contributed by atoms with van der Waals surface area (Å²) in [6.07, 6.45) is 6.00. The first kappa shape index (κ1) is 22.4. The number of pyridine rings is 1. The summed E-state index contributed by atoms with van der Waals surface area (Å²) in [4.78, 5) is 30.6. The third-order valence-corrected chi connectivity index (χ3v) is 7.23. The number of hydrogen-bond donors (Lipinski definition) is 0. The molecular formula is C25H23N3O4S. The van der Waals surface area contributed by atoms with Crippen LogP contribution in [-0.4, -0.2) is 48.5 Å². The van der Waals surface area contributed by atoms with Gasteiger partial charge in [0.1, 0.15) is 5.65 Å². The second-order valence-corrected chi connectivity index (χ2v) is 9.79. The van der Waals surface area contributed by atoms with E-state index in [1.165, 1.54) is 29.2 Å². The van der Waals surface area contributed by atoms with E-state index in [9.17, 15) is 18.0 Å². The molecule has 2 aromatic carbocycles. The fourth-order valence-corrected chi connectivity index (χ4v) is 5.02. The number of nitrogens with zero attached hydrogens (tertiary/aromatic N) is 3. The molecule has 7 nitrogen and oxygen atoms in total. The molecule has 168 valence electrons. The topological polar surface area (TPSA) is 88.8 Å². The Balaban J connectivity index is 1.50. The third kappa shape index (κ3) is 4.56. The summed E-state index contributed by atoms with van der Waals surface area (Å²) in [6.45, 7) is 0. The average molecular weight is 462 g/mol. The van der Waals surface area contributed by atoms with Crippen LogP contribution in [0.1, 0.15) is 32.7 Å². The van der Waals surface area contributed by atoms with Crippen LogP contribution in [0, 0.1) is 0 Å². The Morgan fingerprint density at radius 1 is 0.970 bits per heavy atom. The molecule has 0 spiro atoms. The van der Waals surface area contributed by atoms with Crippen molar-refractivity contribution >= 4 is 27.2 Å². The second kappa shape index (κ2) is 8.99. The van der Waals surface area contributed by atoms with Crippen LogP contribution in [0.15, 0.2) is 89.0 Å². The Hall–Kier alpha value is -3.78. The number of carbonyl (C=O) groups is 2. The van der Waals surface area contributed by atoms with Crippen LogP contribution in [0.5, 0.6) is 0 Å². The van der Waals surface area contributed by atoms with Gasteiger partial charge in [-0.05, 0) is 48.4 Å². The van der Waals surface area contributed by atoms with E-state index in [-0.39, 0.29) is 27.0 Å². The summed E-state index contributed by atoms with van der Waals surface area (Å²) in [6, 6.07) is 16.2. The highest BCUT2D eigenvalue weighted by Gasteiger charge is 2.25. The Labute approximate surface area is 192 Å². The first-order valence-electron chi connectivity index (χ1n) is 10.4. The Morgan fingerprint density at radius 3 is 2.42 bits per heavy atom. The lowest BCUT2D eigenvalue weighted by molar-refractivity contribution is 0.0823. The molecule has 0 saturated heterocycles. The van der Waals surface area contributed by atoms with Crippen LogP contribution >= 0.6 is 0 Å². The molecule has 0 aliphatic carbocycles. The molecule has 33 heavy (non-hydrogen) atoms. The quantitative estimate of drug-likeness (QED) is 0.392. The van der Waals surface area contributed by atoms with Gasteiger partial charge in [0.05, 0.1) is 15.4 Å². The zero-order chi connectivity index (χ0) is 23.6. The van der Waals surface area contributed by atoms with E-state index in [2.05, 4.69) is 4.98 Å². The van der Waals surface area contributed by atoms with Crippen molar-refractivity contribution in [1.82, 2.24) is 14.3 Å². The van der Waals surface area contributed by atoms with Gasteiger partial charge in [-0.3, -0.25) is 9.59 Å². The first-order chi connectivity index (χ1) is 15.8. The van der Waals surface area contributed by atoms with Gasteiger partial charge in [-0.1, -0.05) is 24.3 Å². The van der Waals surface area contributed by atoms with Crippen LogP contribution in [-0.2, 0) is 16.3 Å². The lowest BCUT2D eigenvalue weighted by Gasteiger charge is -2.14. The molecule has 2 heterocycles. The minimum Gasteiger partial charge on any atom is -0.345 e. The van der Waals surface area contributed by atoms with E-state index < -0.39 is 9.84 Å². The highest BCUT2D eigenvalue weighted by atomic mass is 32.2. The lowest BCUT2D eigenvalue weighted by Crippen LogP contribution is -2.23. The number of ketones is 1. The fraction of sp³-hybridized carbons (Fsp3) is 0.160. The summed E-state index contributed by atoms with van der Waals surface area (Å²) < 4.78 is 28.2. The minimum atomic E-state index is -3.88. The maximum atomic E-state index is 13.2. The van der Waals surface area contributed by atoms with Gasteiger partial charge in [0.15, 0.2) is 5.78 Å². The first-order valence-corrected chi connectivity index (χ1v) is 11.9. The fourth-order valence-electron chi connectivity index (χ4n) is 3.57. The number of fused-ring (bicyclic) bond motifs is 1. The van der Waals surface area contributed by atoms with Gasteiger partial charge < -0.3 is 9.30 Å². The van der Waals surface area contributed by atoms with E-state index in [4.69, 9.17) is 0 Å². The molecule has 0 atom stereocenters. The van der Waals surface area contributed by atoms with Gasteiger partial charge in [-0.2, -0.15) is 0 Å². The van der Waals surface area contributed by atoms with Crippen molar-refractivity contribution < 1.29 is 18.0 Å². The van der Waals surface area contributed by atoms with Gasteiger partial charge in [0, 0.05) is 44.7 Å². The molecule has 4 aromatic rings. The van der Waals surface area contributed by atoms with Crippen molar-refractivity contribution in [1.29, 1.82) is 0 Å². The lowest BCUT2D eigenvalue weighted by atomic mass is 10.0. The number of carbonyl (C=O) groups excluding carboxylic acids is 2. The normalized spacial score (nSPS) is 11.5. The zero-order valence-corrected chi connectivity index (χ0v) is 19.1. The number of aryl methyl sites for hydroxylation is 1. The number of imidazole rings is 1. The predicted molar refractivity (Wildman–Crippen MR) is 124 cm³/mol. The van der Waals surface area contributed by atoms with Crippen molar-refractivity contribution in [2.75, 3.05) is 14.1 Å². The zero-order valence-electron chi connectivity index (χ0n) is 18.3. The number of amides is 1. The predicted octanol–water partition coefficient (Wildman–Crippen LogP) is 3.68. The number of rotatable bonds is 7. The number of benzene rings is 2. The summed E-state index contributed by atoms with van der Waals surface area (Å²) >= 11 is 0. The van der Waals surface area contributed by atoms with Crippen LogP contribution in [0.25, 0.3) is 5.65 Å². The molecule has 2 aromatic heterocycles.